The van der Waals surface area contributed by atoms with Crippen LogP contribution in [0.2, 0.25) is 0 Å². The zero-order valence-corrected chi connectivity index (χ0v) is 15.5. The van der Waals surface area contributed by atoms with Gasteiger partial charge in [0, 0.05) is 32.4 Å². The Bertz CT molecular complexity index is 625. The zero-order valence-electron chi connectivity index (χ0n) is 14.7. The first kappa shape index (κ1) is 17.8. The predicted octanol–water partition coefficient (Wildman–Crippen LogP) is 2.50. The van der Waals surface area contributed by atoms with Crippen molar-refractivity contribution in [2.45, 2.75) is 45.6 Å². The van der Waals surface area contributed by atoms with E-state index in [1.165, 1.54) is 12.8 Å². The first-order valence-electron chi connectivity index (χ1n) is 9.13. The Morgan fingerprint density at radius 2 is 1.96 bits per heavy atom. The van der Waals surface area contributed by atoms with Gasteiger partial charge in [0.15, 0.2) is 0 Å². The minimum absolute atomic E-state index is 0.284. The first-order chi connectivity index (χ1) is 11.5. The number of pyridine rings is 1. The average Bonchev–Trinajstić information content (AvgIpc) is 2.56. The summed E-state index contributed by atoms with van der Waals surface area (Å²) in [5, 5.41) is 0. The fraction of sp³-hybridized carbons (Fsp3) is 0.722. The van der Waals surface area contributed by atoms with Crippen LogP contribution in [0.4, 0.5) is 0 Å². The summed E-state index contributed by atoms with van der Waals surface area (Å²) in [7, 11) is -3.04. The van der Waals surface area contributed by atoms with Crippen LogP contribution in [0.3, 0.4) is 0 Å². The standard InChI is InChI=1S/C18H29N3O2S/c1-2-14-24(22,23)21-12-8-18(9-13-21)7-5-11-20(16-18)15-17-6-3-4-10-19-17/h3-4,6,10H,2,5,7-9,11-16H2,1H3. The van der Waals surface area contributed by atoms with Crippen LogP contribution in [0.5, 0.6) is 0 Å². The molecule has 1 aromatic heterocycles. The second kappa shape index (κ2) is 7.50. The third-order valence-electron chi connectivity index (χ3n) is 5.49. The molecule has 1 spiro atoms. The molecule has 2 saturated heterocycles. The van der Waals surface area contributed by atoms with Gasteiger partial charge in [0.05, 0.1) is 11.4 Å². The summed E-state index contributed by atoms with van der Waals surface area (Å²) in [6.45, 7) is 6.42. The molecule has 0 radical (unpaired) electrons. The van der Waals surface area contributed by atoms with E-state index in [1.54, 1.807) is 4.31 Å². The largest absolute Gasteiger partial charge is 0.297 e. The molecule has 0 bridgehead atoms. The molecule has 2 aliphatic rings. The van der Waals surface area contributed by atoms with Gasteiger partial charge >= 0.3 is 0 Å². The van der Waals surface area contributed by atoms with E-state index in [4.69, 9.17) is 0 Å². The number of nitrogens with zero attached hydrogens (tertiary/aromatic N) is 3. The first-order valence-corrected chi connectivity index (χ1v) is 10.7. The highest BCUT2D eigenvalue weighted by Crippen LogP contribution is 2.40. The predicted molar refractivity (Wildman–Crippen MR) is 96.1 cm³/mol. The van der Waals surface area contributed by atoms with E-state index < -0.39 is 10.0 Å². The Morgan fingerprint density at radius 1 is 1.17 bits per heavy atom. The molecule has 3 heterocycles. The van der Waals surface area contributed by atoms with Crippen molar-refractivity contribution in [3.63, 3.8) is 0 Å². The highest BCUT2D eigenvalue weighted by Gasteiger charge is 2.40. The number of rotatable bonds is 5. The average molecular weight is 352 g/mol. The molecule has 0 aliphatic carbocycles. The van der Waals surface area contributed by atoms with Crippen molar-refractivity contribution < 1.29 is 8.42 Å². The fourth-order valence-corrected chi connectivity index (χ4v) is 5.71. The molecular formula is C18H29N3O2S. The molecule has 0 unspecified atom stereocenters. The quantitative estimate of drug-likeness (QED) is 0.818. The molecule has 1 aromatic rings. The second-order valence-electron chi connectivity index (χ2n) is 7.35. The van der Waals surface area contributed by atoms with Crippen molar-refractivity contribution in [1.29, 1.82) is 0 Å². The van der Waals surface area contributed by atoms with Gasteiger partial charge in [-0.2, -0.15) is 0 Å². The van der Waals surface area contributed by atoms with Gasteiger partial charge in [-0.25, -0.2) is 12.7 Å². The van der Waals surface area contributed by atoms with Gasteiger partial charge in [-0.05, 0) is 56.2 Å². The molecule has 6 heteroatoms. The second-order valence-corrected chi connectivity index (χ2v) is 9.44. The van der Waals surface area contributed by atoms with E-state index >= 15 is 0 Å². The summed E-state index contributed by atoms with van der Waals surface area (Å²) in [6.07, 6.45) is 6.97. The SMILES string of the molecule is CCCS(=O)(=O)N1CCC2(CCCN(Cc3ccccn3)C2)CC1. The summed E-state index contributed by atoms with van der Waals surface area (Å²) in [4.78, 5) is 6.94. The van der Waals surface area contributed by atoms with Crippen LogP contribution in [-0.4, -0.2) is 54.5 Å². The Kier molecular flexibility index (Phi) is 5.57. The Morgan fingerprint density at radius 3 is 2.62 bits per heavy atom. The van der Waals surface area contributed by atoms with Crippen molar-refractivity contribution >= 4 is 10.0 Å². The smallest absolute Gasteiger partial charge is 0.214 e. The van der Waals surface area contributed by atoms with Crippen molar-refractivity contribution in [1.82, 2.24) is 14.2 Å². The van der Waals surface area contributed by atoms with E-state index in [0.717, 1.165) is 38.2 Å². The molecule has 0 atom stereocenters. The van der Waals surface area contributed by atoms with Crippen molar-refractivity contribution in [2.75, 3.05) is 31.9 Å². The number of piperidine rings is 2. The van der Waals surface area contributed by atoms with E-state index in [-0.39, 0.29) is 5.75 Å². The lowest BCUT2D eigenvalue weighted by Crippen LogP contribution is -2.50. The molecule has 2 fully saturated rings. The third-order valence-corrected chi connectivity index (χ3v) is 7.57. The summed E-state index contributed by atoms with van der Waals surface area (Å²) in [6, 6.07) is 6.08. The Labute approximate surface area is 146 Å². The Balaban J connectivity index is 1.59. The molecule has 0 amide bonds. The minimum atomic E-state index is -3.04. The summed E-state index contributed by atoms with van der Waals surface area (Å²) < 4.78 is 26.3. The van der Waals surface area contributed by atoms with E-state index in [0.29, 0.717) is 24.9 Å². The Hall–Kier alpha value is -0.980. The molecule has 2 aliphatic heterocycles. The van der Waals surface area contributed by atoms with Crippen LogP contribution in [-0.2, 0) is 16.6 Å². The maximum atomic E-state index is 12.3. The molecule has 0 aromatic carbocycles. The van der Waals surface area contributed by atoms with Gasteiger partial charge in [-0.15, -0.1) is 0 Å². The van der Waals surface area contributed by atoms with Crippen molar-refractivity contribution in [3.8, 4) is 0 Å². The van der Waals surface area contributed by atoms with Gasteiger partial charge < -0.3 is 0 Å². The van der Waals surface area contributed by atoms with Gasteiger partial charge in [0.2, 0.25) is 10.0 Å². The minimum Gasteiger partial charge on any atom is -0.297 e. The number of likely N-dealkylation sites (tertiary alicyclic amines) is 1. The summed E-state index contributed by atoms with van der Waals surface area (Å²) in [5.74, 6) is 0.284. The number of hydrogen-bond donors (Lipinski definition) is 0. The zero-order chi connectivity index (χ0) is 17.0. The maximum Gasteiger partial charge on any atom is 0.214 e. The number of hydrogen-bond acceptors (Lipinski definition) is 4. The summed E-state index contributed by atoms with van der Waals surface area (Å²) >= 11 is 0. The van der Waals surface area contributed by atoms with E-state index in [1.807, 2.05) is 25.3 Å². The van der Waals surface area contributed by atoms with Crippen LogP contribution < -0.4 is 0 Å². The van der Waals surface area contributed by atoms with Gasteiger partial charge in [-0.3, -0.25) is 9.88 Å². The topological polar surface area (TPSA) is 53.5 Å². The van der Waals surface area contributed by atoms with E-state index in [2.05, 4.69) is 16.0 Å². The normalized spacial score (nSPS) is 22.7. The molecule has 5 nitrogen and oxygen atoms in total. The monoisotopic (exact) mass is 351 g/mol. The number of aromatic nitrogens is 1. The van der Waals surface area contributed by atoms with Gasteiger partial charge in [-0.1, -0.05) is 13.0 Å². The molecular weight excluding hydrogens is 322 g/mol. The van der Waals surface area contributed by atoms with Crippen LogP contribution in [0, 0.1) is 5.41 Å². The van der Waals surface area contributed by atoms with Crippen LogP contribution in [0.15, 0.2) is 24.4 Å². The van der Waals surface area contributed by atoms with Crippen molar-refractivity contribution in [2.24, 2.45) is 5.41 Å². The lowest BCUT2D eigenvalue weighted by molar-refractivity contribution is 0.0387. The highest BCUT2D eigenvalue weighted by atomic mass is 32.2. The lowest BCUT2D eigenvalue weighted by atomic mass is 9.73. The lowest BCUT2D eigenvalue weighted by Gasteiger charge is -2.47. The van der Waals surface area contributed by atoms with Crippen LogP contribution in [0.1, 0.15) is 44.7 Å². The molecule has 3 rings (SSSR count). The van der Waals surface area contributed by atoms with Crippen LogP contribution >= 0.6 is 0 Å². The van der Waals surface area contributed by atoms with E-state index in [9.17, 15) is 8.42 Å². The number of sulfonamides is 1. The molecule has 0 N–H and O–H groups in total. The van der Waals surface area contributed by atoms with Crippen molar-refractivity contribution in [3.05, 3.63) is 30.1 Å². The molecule has 0 saturated carbocycles. The van der Waals surface area contributed by atoms with Crippen LogP contribution in [0.25, 0.3) is 0 Å². The van der Waals surface area contributed by atoms with Gasteiger partial charge in [0.25, 0.3) is 0 Å². The fourth-order valence-electron chi connectivity index (χ4n) is 4.20. The maximum absolute atomic E-state index is 12.3. The molecule has 24 heavy (non-hydrogen) atoms. The van der Waals surface area contributed by atoms with Gasteiger partial charge in [0.1, 0.15) is 0 Å². The third kappa shape index (κ3) is 4.16. The molecule has 134 valence electrons. The summed E-state index contributed by atoms with van der Waals surface area (Å²) in [5.41, 5.74) is 1.42. The highest BCUT2D eigenvalue weighted by molar-refractivity contribution is 7.89.